The molecule has 0 aliphatic carbocycles. The minimum absolute atomic E-state index is 0.112. The molecule has 0 aliphatic rings. The first kappa shape index (κ1) is 16.0. The van der Waals surface area contributed by atoms with E-state index in [0.717, 1.165) is 11.1 Å². The van der Waals surface area contributed by atoms with Crippen LogP contribution < -0.4 is 10.1 Å². The van der Waals surface area contributed by atoms with Crippen molar-refractivity contribution in [2.24, 2.45) is 5.92 Å². The summed E-state index contributed by atoms with van der Waals surface area (Å²) in [5, 5.41) is 11.4. The summed E-state index contributed by atoms with van der Waals surface area (Å²) < 4.78 is 5.40. The molecule has 0 bridgehead atoms. The van der Waals surface area contributed by atoms with E-state index in [4.69, 9.17) is 9.84 Å². The smallest absolute Gasteiger partial charge is 0.308 e. The normalized spacial score (nSPS) is 11.8. The van der Waals surface area contributed by atoms with Gasteiger partial charge in [-0.1, -0.05) is 13.0 Å². The first-order valence-corrected chi connectivity index (χ1v) is 6.63. The molecule has 5 nitrogen and oxygen atoms in total. The minimum atomic E-state index is -0.900. The van der Waals surface area contributed by atoms with Gasteiger partial charge in [0.15, 0.2) is 6.61 Å². The highest BCUT2D eigenvalue weighted by atomic mass is 16.5. The molecule has 5 heteroatoms. The molecule has 0 fully saturated rings. The van der Waals surface area contributed by atoms with Crippen LogP contribution in [0.1, 0.15) is 24.5 Å². The molecule has 2 N–H and O–H groups in total. The van der Waals surface area contributed by atoms with Gasteiger partial charge in [0, 0.05) is 6.54 Å². The van der Waals surface area contributed by atoms with E-state index in [-0.39, 0.29) is 19.1 Å². The number of hydrogen-bond acceptors (Lipinski definition) is 3. The second kappa shape index (κ2) is 7.53. The Morgan fingerprint density at radius 3 is 2.35 bits per heavy atom. The van der Waals surface area contributed by atoms with Crippen LogP contribution in [0.2, 0.25) is 0 Å². The number of carboxylic acids is 1. The van der Waals surface area contributed by atoms with Crippen molar-refractivity contribution in [1.29, 1.82) is 0 Å². The largest absolute Gasteiger partial charge is 0.484 e. The van der Waals surface area contributed by atoms with Gasteiger partial charge in [-0.25, -0.2) is 0 Å². The van der Waals surface area contributed by atoms with Crippen LogP contribution in [-0.2, 0) is 9.59 Å². The molecule has 0 aliphatic heterocycles. The van der Waals surface area contributed by atoms with E-state index in [1.54, 1.807) is 6.92 Å². The third kappa shape index (κ3) is 5.30. The summed E-state index contributed by atoms with van der Waals surface area (Å²) >= 11 is 0. The standard InChI is InChI=1S/C15H21NO4/c1-4-12(15(18)19)8-16-14(17)9-20-13-6-10(2)5-11(3)7-13/h5-7,12H,4,8-9H2,1-3H3,(H,16,17)(H,18,19). The van der Waals surface area contributed by atoms with E-state index in [9.17, 15) is 9.59 Å². The zero-order valence-corrected chi connectivity index (χ0v) is 12.1. The van der Waals surface area contributed by atoms with Crippen LogP contribution in [0.15, 0.2) is 18.2 Å². The molecular weight excluding hydrogens is 258 g/mol. The zero-order valence-electron chi connectivity index (χ0n) is 12.1. The molecule has 1 atom stereocenters. The van der Waals surface area contributed by atoms with Crippen molar-refractivity contribution in [2.45, 2.75) is 27.2 Å². The van der Waals surface area contributed by atoms with Gasteiger partial charge in [0.25, 0.3) is 5.91 Å². The van der Waals surface area contributed by atoms with Gasteiger partial charge in [-0.05, 0) is 43.5 Å². The maximum Gasteiger partial charge on any atom is 0.308 e. The molecule has 0 heterocycles. The zero-order chi connectivity index (χ0) is 15.1. The number of amides is 1. The molecule has 0 spiro atoms. The fourth-order valence-electron chi connectivity index (χ4n) is 1.86. The Kier molecular flexibility index (Phi) is 6.03. The van der Waals surface area contributed by atoms with Crippen molar-refractivity contribution in [1.82, 2.24) is 5.32 Å². The lowest BCUT2D eigenvalue weighted by molar-refractivity contribution is -0.141. The first-order chi connectivity index (χ1) is 9.42. The van der Waals surface area contributed by atoms with E-state index in [2.05, 4.69) is 5.32 Å². The Morgan fingerprint density at radius 2 is 1.85 bits per heavy atom. The highest BCUT2D eigenvalue weighted by Crippen LogP contribution is 2.15. The fourth-order valence-corrected chi connectivity index (χ4v) is 1.86. The summed E-state index contributed by atoms with van der Waals surface area (Å²) in [6.07, 6.45) is 0.480. The Labute approximate surface area is 118 Å². The summed E-state index contributed by atoms with van der Waals surface area (Å²) in [6, 6.07) is 5.73. The number of hydrogen-bond donors (Lipinski definition) is 2. The lowest BCUT2D eigenvalue weighted by Gasteiger charge is -2.12. The van der Waals surface area contributed by atoms with E-state index < -0.39 is 11.9 Å². The van der Waals surface area contributed by atoms with Crippen molar-refractivity contribution in [3.63, 3.8) is 0 Å². The van der Waals surface area contributed by atoms with Crippen LogP contribution in [0.5, 0.6) is 5.75 Å². The molecule has 1 aromatic rings. The molecule has 0 aromatic heterocycles. The van der Waals surface area contributed by atoms with Gasteiger partial charge in [0.1, 0.15) is 5.75 Å². The number of carboxylic acid groups (broad SMARTS) is 1. The SMILES string of the molecule is CCC(CNC(=O)COc1cc(C)cc(C)c1)C(=O)O. The average molecular weight is 279 g/mol. The van der Waals surface area contributed by atoms with E-state index >= 15 is 0 Å². The van der Waals surface area contributed by atoms with Crippen molar-refractivity contribution in [2.75, 3.05) is 13.2 Å². The van der Waals surface area contributed by atoms with Gasteiger partial charge >= 0.3 is 5.97 Å². The molecule has 0 saturated heterocycles. The second-order valence-corrected chi connectivity index (χ2v) is 4.86. The summed E-state index contributed by atoms with van der Waals surface area (Å²) in [5.41, 5.74) is 2.13. The van der Waals surface area contributed by atoms with E-state index in [1.165, 1.54) is 0 Å². The number of benzene rings is 1. The molecule has 1 rings (SSSR count). The molecule has 0 saturated carbocycles. The number of aryl methyl sites for hydroxylation is 2. The summed E-state index contributed by atoms with van der Waals surface area (Å²) in [5.74, 6) is -1.13. The molecule has 1 amide bonds. The summed E-state index contributed by atoms with van der Waals surface area (Å²) in [6.45, 7) is 5.70. The number of rotatable bonds is 7. The predicted octanol–water partition coefficient (Wildman–Crippen LogP) is 1.91. The van der Waals surface area contributed by atoms with Gasteiger partial charge in [0.05, 0.1) is 5.92 Å². The fraction of sp³-hybridized carbons (Fsp3) is 0.467. The van der Waals surface area contributed by atoms with Crippen LogP contribution in [0.25, 0.3) is 0 Å². The number of aliphatic carboxylic acids is 1. The Bertz CT molecular complexity index is 465. The van der Waals surface area contributed by atoms with E-state index in [0.29, 0.717) is 12.2 Å². The molecule has 20 heavy (non-hydrogen) atoms. The first-order valence-electron chi connectivity index (χ1n) is 6.63. The van der Waals surface area contributed by atoms with Crippen LogP contribution in [0.3, 0.4) is 0 Å². The van der Waals surface area contributed by atoms with Crippen LogP contribution in [-0.4, -0.2) is 30.1 Å². The average Bonchev–Trinajstić information content (AvgIpc) is 2.35. The molecule has 1 aromatic carbocycles. The Balaban J connectivity index is 2.41. The lowest BCUT2D eigenvalue weighted by Crippen LogP contribution is -2.35. The second-order valence-electron chi connectivity index (χ2n) is 4.86. The van der Waals surface area contributed by atoms with Gasteiger partial charge in [-0.2, -0.15) is 0 Å². The quantitative estimate of drug-likeness (QED) is 0.799. The Hall–Kier alpha value is -2.04. The summed E-state index contributed by atoms with van der Waals surface area (Å²) in [4.78, 5) is 22.4. The molecule has 1 unspecified atom stereocenters. The lowest BCUT2D eigenvalue weighted by atomic mass is 10.1. The number of carbonyl (C=O) groups is 2. The maximum absolute atomic E-state index is 11.6. The van der Waals surface area contributed by atoms with Gasteiger partial charge in [-0.15, -0.1) is 0 Å². The monoisotopic (exact) mass is 279 g/mol. The molecule has 0 radical (unpaired) electrons. The van der Waals surface area contributed by atoms with Gasteiger partial charge in [-0.3, -0.25) is 9.59 Å². The highest BCUT2D eigenvalue weighted by Gasteiger charge is 2.15. The molecular formula is C15H21NO4. The summed E-state index contributed by atoms with van der Waals surface area (Å²) in [7, 11) is 0. The minimum Gasteiger partial charge on any atom is -0.484 e. The predicted molar refractivity (Wildman–Crippen MR) is 75.8 cm³/mol. The third-order valence-corrected chi connectivity index (χ3v) is 2.95. The number of nitrogens with one attached hydrogen (secondary N) is 1. The Morgan fingerprint density at radius 1 is 1.25 bits per heavy atom. The van der Waals surface area contributed by atoms with E-state index in [1.807, 2.05) is 32.0 Å². The van der Waals surface area contributed by atoms with Crippen LogP contribution >= 0.6 is 0 Å². The molecule has 110 valence electrons. The van der Waals surface area contributed by atoms with Crippen LogP contribution in [0.4, 0.5) is 0 Å². The van der Waals surface area contributed by atoms with Crippen LogP contribution in [0, 0.1) is 19.8 Å². The third-order valence-electron chi connectivity index (χ3n) is 2.95. The number of ether oxygens (including phenoxy) is 1. The number of carbonyl (C=O) groups excluding carboxylic acids is 1. The van der Waals surface area contributed by atoms with Crippen molar-refractivity contribution in [3.05, 3.63) is 29.3 Å². The van der Waals surface area contributed by atoms with Gasteiger partial charge < -0.3 is 15.2 Å². The van der Waals surface area contributed by atoms with Crippen molar-refractivity contribution in [3.8, 4) is 5.75 Å². The van der Waals surface area contributed by atoms with Gasteiger partial charge in [0.2, 0.25) is 0 Å². The maximum atomic E-state index is 11.6. The van der Waals surface area contributed by atoms with Crippen molar-refractivity contribution >= 4 is 11.9 Å². The highest BCUT2D eigenvalue weighted by molar-refractivity contribution is 5.78. The van der Waals surface area contributed by atoms with Crippen molar-refractivity contribution < 1.29 is 19.4 Å². The topological polar surface area (TPSA) is 75.6 Å².